The molecule has 0 radical (unpaired) electrons. The number of carbonyl (C=O) groups is 1. The monoisotopic (exact) mass is 570 g/mol. The van der Waals surface area contributed by atoms with Gasteiger partial charge in [0.1, 0.15) is 11.5 Å². The van der Waals surface area contributed by atoms with E-state index >= 15 is 0 Å². The van der Waals surface area contributed by atoms with Gasteiger partial charge in [0.15, 0.2) is 0 Å². The van der Waals surface area contributed by atoms with Gasteiger partial charge in [-0.1, -0.05) is 30.3 Å². The highest BCUT2D eigenvalue weighted by Crippen LogP contribution is 2.34. The number of amides is 2. The lowest BCUT2D eigenvalue weighted by atomic mass is 9.93. The lowest BCUT2D eigenvalue weighted by molar-refractivity contribution is -0.274. The number of hydrogen-bond donors (Lipinski definition) is 0. The van der Waals surface area contributed by atoms with Gasteiger partial charge < -0.3 is 19.3 Å². The Morgan fingerprint density at radius 1 is 1.03 bits per heavy atom. The maximum absolute atomic E-state index is 13.5. The third-order valence-corrected chi connectivity index (χ3v) is 8.54. The first-order valence-corrected chi connectivity index (χ1v) is 14.4. The molecule has 2 fully saturated rings. The van der Waals surface area contributed by atoms with Crippen molar-refractivity contribution in [2.24, 2.45) is 0 Å². The van der Waals surface area contributed by atoms with Crippen LogP contribution < -0.4 is 9.47 Å². The summed E-state index contributed by atoms with van der Waals surface area (Å²) in [5.41, 5.74) is 1.57. The molecular weight excluding hydrogens is 537 g/mol. The minimum atomic E-state index is -4.81. The van der Waals surface area contributed by atoms with Gasteiger partial charge in [-0.2, -0.15) is 4.31 Å². The second kappa shape index (κ2) is 11.6. The molecular formula is C26H33F3N4O5S. The number of urea groups is 1. The first-order chi connectivity index (χ1) is 18.4. The van der Waals surface area contributed by atoms with Crippen LogP contribution in [-0.4, -0.2) is 106 Å². The molecule has 2 aromatic carbocycles. The van der Waals surface area contributed by atoms with Crippen molar-refractivity contribution in [2.45, 2.75) is 24.9 Å². The van der Waals surface area contributed by atoms with Crippen molar-refractivity contribution in [2.75, 3.05) is 59.7 Å². The van der Waals surface area contributed by atoms with Gasteiger partial charge in [-0.25, -0.2) is 13.2 Å². The summed E-state index contributed by atoms with van der Waals surface area (Å²) in [6, 6.07) is 13.5. The summed E-state index contributed by atoms with van der Waals surface area (Å²) in [6.45, 7) is 2.24. The summed E-state index contributed by atoms with van der Waals surface area (Å²) in [6.07, 6.45) is -3.65. The third kappa shape index (κ3) is 7.14. The molecule has 2 unspecified atom stereocenters. The van der Waals surface area contributed by atoms with Crippen molar-refractivity contribution in [1.29, 1.82) is 0 Å². The predicted octanol–water partition coefficient (Wildman–Crippen LogP) is 3.19. The van der Waals surface area contributed by atoms with E-state index in [4.69, 9.17) is 4.74 Å². The van der Waals surface area contributed by atoms with Gasteiger partial charge in [0.05, 0.1) is 13.4 Å². The van der Waals surface area contributed by atoms with Crippen molar-refractivity contribution < 1.29 is 35.9 Å². The minimum absolute atomic E-state index is 0.0435. The molecule has 2 heterocycles. The number of nitrogens with zero attached hydrogens (tertiary/aromatic N) is 4. The van der Waals surface area contributed by atoms with Gasteiger partial charge >= 0.3 is 12.4 Å². The molecule has 9 nitrogen and oxygen atoms in total. The van der Waals surface area contributed by atoms with E-state index in [1.807, 2.05) is 42.3 Å². The molecule has 0 aromatic heterocycles. The van der Waals surface area contributed by atoms with Gasteiger partial charge in [0.2, 0.25) is 10.0 Å². The normalized spacial score (nSPS) is 20.9. The van der Waals surface area contributed by atoms with E-state index in [2.05, 4.69) is 4.74 Å². The van der Waals surface area contributed by atoms with Crippen LogP contribution in [0.25, 0.3) is 0 Å². The fraction of sp³-hybridized carbons (Fsp3) is 0.500. The lowest BCUT2D eigenvalue weighted by Gasteiger charge is -2.35. The Bertz CT molecular complexity index is 1250. The topological polar surface area (TPSA) is 82.6 Å². The second-order valence-electron chi connectivity index (χ2n) is 9.86. The molecule has 0 saturated carbocycles. The summed E-state index contributed by atoms with van der Waals surface area (Å²) in [5, 5.41) is 0. The van der Waals surface area contributed by atoms with Crippen LogP contribution in [0.2, 0.25) is 0 Å². The average molecular weight is 571 g/mol. The first-order valence-electron chi connectivity index (χ1n) is 12.5. The second-order valence-corrected chi connectivity index (χ2v) is 11.8. The van der Waals surface area contributed by atoms with Crippen LogP contribution in [0, 0.1) is 0 Å². The van der Waals surface area contributed by atoms with Crippen molar-refractivity contribution in [3.8, 4) is 11.5 Å². The van der Waals surface area contributed by atoms with E-state index in [-0.39, 0.29) is 43.4 Å². The largest absolute Gasteiger partial charge is 0.573 e. The number of benzene rings is 2. The zero-order valence-corrected chi connectivity index (χ0v) is 22.9. The number of ether oxygens (including phenoxy) is 2. The van der Waals surface area contributed by atoms with Crippen molar-refractivity contribution >= 4 is 16.1 Å². The number of halogens is 3. The van der Waals surface area contributed by atoms with E-state index in [1.165, 1.54) is 29.6 Å². The summed E-state index contributed by atoms with van der Waals surface area (Å²) < 4.78 is 73.0. The number of hydrogen-bond acceptors (Lipinski definition) is 6. The minimum Gasteiger partial charge on any atom is -0.496 e. The molecule has 2 aliphatic heterocycles. The van der Waals surface area contributed by atoms with Gasteiger partial charge in [-0.15, -0.1) is 13.2 Å². The molecule has 13 heteroatoms. The number of likely N-dealkylation sites (tertiary alicyclic amines) is 1. The zero-order chi connectivity index (χ0) is 28.4. The number of rotatable bonds is 7. The molecule has 2 aromatic rings. The maximum atomic E-state index is 13.5. The van der Waals surface area contributed by atoms with Gasteiger partial charge in [0, 0.05) is 63.3 Å². The Labute approximate surface area is 226 Å². The predicted molar refractivity (Wildman–Crippen MR) is 139 cm³/mol. The van der Waals surface area contributed by atoms with Crippen LogP contribution in [0.1, 0.15) is 17.0 Å². The van der Waals surface area contributed by atoms with E-state index in [9.17, 15) is 26.4 Å². The van der Waals surface area contributed by atoms with Crippen LogP contribution in [0.15, 0.2) is 48.5 Å². The van der Waals surface area contributed by atoms with Crippen molar-refractivity contribution in [3.05, 3.63) is 59.7 Å². The van der Waals surface area contributed by atoms with Gasteiger partial charge in [-0.05, 0) is 30.8 Å². The first kappa shape index (κ1) is 29.0. The van der Waals surface area contributed by atoms with Crippen LogP contribution in [0.5, 0.6) is 11.5 Å². The summed E-state index contributed by atoms with van der Waals surface area (Å²) in [7, 11) is 0.0108. The molecule has 2 aliphatic rings. The Hall–Kier alpha value is -3.03. The van der Waals surface area contributed by atoms with Gasteiger partial charge in [-0.3, -0.25) is 4.90 Å². The van der Waals surface area contributed by atoms with E-state index in [0.717, 1.165) is 11.8 Å². The summed E-state index contributed by atoms with van der Waals surface area (Å²) in [5.74, 6) is 0.0585. The van der Waals surface area contributed by atoms with Crippen LogP contribution in [0.4, 0.5) is 18.0 Å². The fourth-order valence-corrected chi connectivity index (χ4v) is 6.12. The Morgan fingerprint density at radius 3 is 2.28 bits per heavy atom. The quantitative estimate of drug-likeness (QED) is 0.509. The summed E-state index contributed by atoms with van der Waals surface area (Å²) in [4.78, 5) is 18.9. The molecule has 2 saturated heterocycles. The molecule has 2 atom stereocenters. The number of carbonyl (C=O) groups excluding carboxylic acids is 1. The smallest absolute Gasteiger partial charge is 0.496 e. The Balaban J connectivity index is 1.53. The Kier molecular flexibility index (Phi) is 8.62. The molecule has 39 heavy (non-hydrogen) atoms. The maximum Gasteiger partial charge on any atom is 0.573 e. The Morgan fingerprint density at radius 2 is 1.69 bits per heavy atom. The molecule has 2 amide bonds. The zero-order valence-electron chi connectivity index (χ0n) is 22.1. The number of likely N-dealkylation sites (N-methyl/N-ethyl adjacent to an activating group) is 1. The molecule has 0 spiro atoms. The number of sulfonamides is 1. The number of piperazine rings is 1. The van der Waals surface area contributed by atoms with Crippen molar-refractivity contribution in [1.82, 2.24) is 19.0 Å². The highest BCUT2D eigenvalue weighted by Gasteiger charge is 2.40. The van der Waals surface area contributed by atoms with E-state index < -0.39 is 16.4 Å². The SMILES string of the molecule is COc1ccc(OC(F)(F)F)cc1CN(C)C1CN(C(=O)N2CCN(S(C)(=O)=O)CC2)CC1c1ccccc1. The van der Waals surface area contributed by atoms with Crippen LogP contribution in [-0.2, 0) is 16.6 Å². The highest BCUT2D eigenvalue weighted by atomic mass is 32.2. The highest BCUT2D eigenvalue weighted by molar-refractivity contribution is 7.88. The fourth-order valence-electron chi connectivity index (χ4n) is 5.29. The molecule has 214 valence electrons. The molecule has 0 N–H and O–H groups in total. The van der Waals surface area contributed by atoms with Crippen molar-refractivity contribution in [3.63, 3.8) is 0 Å². The van der Waals surface area contributed by atoms with Gasteiger partial charge in [0.25, 0.3) is 0 Å². The number of methoxy groups -OCH3 is 1. The molecule has 0 aliphatic carbocycles. The number of alkyl halides is 3. The van der Waals surface area contributed by atoms with Crippen LogP contribution >= 0.6 is 0 Å². The van der Waals surface area contributed by atoms with Crippen LogP contribution in [0.3, 0.4) is 0 Å². The van der Waals surface area contributed by atoms with E-state index in [1.54, 1.807) is 9.80 Å². The van der Waals surface area contributed by atoms with E-state index in [0.29, 0.717) is 37.5 Å². The molecule has 0 bridgehead atoms. The molecule has 4 rings (SSSR count). The standard InChI is InChI=1S/C26H33F3N4O5S/c1-30(16-20-15-21(38-26(27,28)29)9-10-24(20)37-2)23-18-32(17-22(23)19-7-5-4-6-8-19)25(34)31-11-13-33(14-12-31)39(3,35)36/h4-10,15,22-23H,11-14,16-18H2,1-3H3. The lowest BCUT2D eigenvalue weighted by Crippen LogP contribution is -2.53. The third-order valence-electron chi connectivity index (χ3n) is 7.24. The summed E-state index contributed by atoms with van der Waals surface area (Å²) >= 11 is 0. The average Bonchev–Trinajstić information content (AvgIpc) is 3.33.